The maximum atomic E-state index is 12.9. The molecule has 0 radical (unpaired) electrons. The van der Waals surface area contributed by atoms with E-state index in [1.807, 2.05) is 17.0 Å². The van der Waals surface area contributed by atoms with Crippen LogP contribution in [-0.4, -0.2) is 53.2 Å². The topological polar surface area (TPSA) is 72.9 Å². The molecule has 6 nitrogen and oxygen atoms in total. The summed E-state index contributed by atoms with van der Waals surface area (Å²) in [5.74, 6) is -0.470. The monoisotopic (exact) mass is 451 g/mol. The van der Waals surface area contributed by atoms with Crippen LogP contribution in [0.5, 0.6) is 5.75 Å². The van der Waals surface area contributed by atoms with Gasteiger partial charge in [-0.15, -0.1) is 11.8 Å². The third kappa shape index (κ3) is 4.58. The first-order valence-corrected chi connectivity index (χ1v) is 10.6. The van der Waals surface area contributed by atoms with Crippen molar-refractivity contribution in [3.63, 3.8) is 0 Å². The highest BCUT2D eigenvalue weighted by atomic mass is 32.2. The molecule has 4 rings (SSSR count). The Bertz CT molecular complexity index is 1010. The molecule has 31 heavy (non-hydrogen) atoms. The molecule has 1 saturated heterocycles. The molecule has 1 fully saturated rings. The summed E-state index contributed by atoms with van der Waals surface area (Å²) >= 11 is 1.11. The summed E-state index contributed by atoms with van der Waals surface area (Å²) < 4.78 is 38.6. The second-order valence-corrected chi connectivity index (χ2v) is 8.61. The van der Waals surface area contributed by atoms with Crippen molar-refractivity contribution >= 4 is 35.0 Å². The molecule has 1 atom stereocenters. The molecule has 0 spiro atoms. The summed E-state index contributed by atoms with van der Waals surface area (Å²) in [7, 11) is 0. The first-order valence-electron chi connectivity index (χ1n) is 9.72. The van der Waals surface area contributed by atoms with Gasteiger partial charge in [-0.3, -0.25) is 9.59 Å². The quantitative estimate of drug-likeness (QED) is 0.747. The smallest absolute Gasteiger partial charge is 0.416 e. The van der Waals surface area contributed by atoms with Crippen LogP contribution < -0.4 is 10.2 Å². The molecule has 2 aliphatic rings. The van der Waals surface area contributed by atoms with Crippen LogP contribution in [0, 0.1) is 0 Å². The van der Waals surface area contributed by atoms with E-state index in [4.69, 9.17) is 0 Å². The van der Waals surface area contributed by atoms with Gasteiger partial charge < -0.3 is 20.2 Å². The lowest BCUT2D eigenvalue weighted by Gasteiger charge is -2.37. The molecule has 2 heterocycles. The van der Waals surface area contributed by atoms with Crippen LogP contribution in [-0.2, 0) is 15.8 Å². The van der Waals surface area contributed by atoms with Gasteiger partial charge in [-0.25, -0.2) is 0 Å². The largest absolute Gasteiger partial charge is 0.506 e. The molecule has 2 aromatic carbocycles. The molecule has 2 aromatic rings. The summed E-state index contributed by atoms with van der Waals surface area (Å²) in [6.45, 7) is 2.02. The van der Waals surface area contributed by atoms with Gasteiger partial charge in [-0.2, -0.15) is 13.2 Å². The number of hydrogen-bond donors (Lipinski definition) is 2. The SMILES string of the molecule is O=C1Nc2cc(C(F)(F)F)ccc2SC1CC(=O)N1CCN(c2ccccc2O)CC1. The number of phenolic OH excluding ortho intramolecular Hbond substituents is 1. The Hall–Kier alpha value is -2.88. The number of benzene rings is 2. The van der Waals surface area contributed by atoms with Crippen molar-refractivity contribution in [3.05, 3.63) is 48.0 Å². The molecule has 10 heteroatoms. The summed E-state index contributed by atoms with van der Waals surface area (Å²) in [6, 6.07) is 10.2. The van der Waals surface area contributed by atoms with E-state index in [2.05, 4.69) is 5.32 Å². The molecule has 0 aliphatic carbocycles. The molecule has 0 saturated carbocycles. The Morgan fingerprint density at radius 2 is 1.84 bits per heavy atom. The van der Waals surface area contributed by atoms with Gasteiger partial charge in [-0.05, 0) is 30.3 Å². The number of anilines is 2. The Morgan fingerprint density at radius 3 is 2.52 bits per heavy atom. The van der Waals surface area contributed by atoms with Gasteiger partial charge in [0, 0.05) is 37.5 Å². The second kappa shape index (κ2) is 8.33. The minimum absolute atomic E-state index is 0.0342. The standard InChI is InChI=1S/C21H20F3N3O3S/c22-21(23,24)13-5-6-17-14(11-13)25-20(30)18(31-17)12-19(29)27-9-7-26(8-10-27)15-3-1-2-4-16(15)28/h1-6,11,18,28H,7-10,12H2,(H,25,30). The van der Waals surface area contributed by atoms with Gasteiger partial charge in [0.1, 0.15) is 5.75 Å². The summed E-state index contributed by atoms with van der Waals surface area (Å²) in [5, 5.41) is 11.8. The number of aromatic hydroxyl groups is 1. The summed E-state index contributed by atoms with van der Waals surface area (Å²) in [6.07, 6.45) is -4.52. The number of thioether (sulfide) groups is 1. The second-order valence-electron chi connectivity index (χ2n) is 7.37. The Morgan fingerprint density at radius 1 is 1.13 bits per heavy atom. The maximum absolute atomic E-state index is 12.9. The van der Waals surface area contributed by atoms with Gasteiger partial charge in [0.05, 0.1) is 22.2 Å². The zero-order chi connectivity index (χ0) is 22.2. The molecular weight excluding hydrogens is 431 g/mol. The first kappa shape index (κ1) is 21.4. The van der Waals surface area contributed by atoms with Gasteiger partial charge in [0.15, 0.2) is 0 Å². The molecule has 2 amide bonds. The van der Waals surface area contributed by atoms with Crippen molar-refractivity contribution in [1.82, 2.24) is 4.90 Å². The number of phenols is 1. The van der Waals surface area contributed by atoms with E-state index >= 15 is 0 Å². The molecule has 164 valence electrons. The zero-order valence-electron chi connectivity index (χ0n) is 16.4. The predicted molar refractivity (Wildman–Crippen MR) is 111 cm³/mol. The zero-order valence-corrected chi connectivity index (χ0v) is 17.2. The van der Waals surface area contributed by atoms with Crippen LogP contribution in [0.15, 0.2) is 47.4 Å². The third-order valence-electron chi connectivity index (χ3n) is 5.34. The molecule has 2 N–H and O–H groups in total. The van der Waals surface area contributed by atoms with E-state index < -0.39 is 22.9 Å². The number of carbonyl (C=O) groups is 2. The van der Waals surface area contributed by atoms with Gasteiger partial charge >= 0.3 is 6.18 Å². The number of rotatable bonds is 3. The lowest BCUT2D eigenvalue weighted by molar-refractivity contribution is -0.137. The van der Waals surface area contributed by atoms with E-state index in [0.717, 1.165) is 23.9 Å². The molecule has 0 aromatic heterocycles. The number of halogens is 3. The van der Waals surface area contributed by atoms with E-state index in [1.54, 1.807) is 17.0 Å². The molecule has 1 unspecified atom stereocenters. The van der Waals surface area contributed by atoms with Crippen LogP contribution in [0.2, 0.25) is 0 Å². The van der Waals surface area contributed by atoms with Crippen LogP contribution in [0.1, 0.15) is 12.0 Å². The highest BCUT2D eigenvalue weighted by Gasteiger charge is 2.35. The highest BCUT2D eigenvalue weighted by Crippen LogP contribution is 2.40. The third-order valence-corrected chi connectivity index (χ3v) is 6.62. The molecular formula is C21H20F3N3O3S. The van der Waals surface area contributed by atoms with E-state index in [0.29, 0.717) is 36.8 Å². The highest BCUT2D eigenvalue weighted by molar-refractivity contribution is 8.01. The van der Waals surface area contributed by atoms with Crippen molar-refractivity contribution in [2.24, 2.45) is 0 Å². The average molecular weight is 451 g/mol. The van der Waals surface area contributed by atoms with Crippen LogP contribution in [0.3, 0.4) is 0 Å². The Balaban J connectivity index is 1.36. The first-order chi connectivity index (χ1) is 14.7. The van der Waals surface area contributed by atoms with Crippen LogP contribution >= 0.6 is 11.8 Å². The fourth-order valence-electron chi connectivity index (χ4n) is 3.68. The molecule has 2 aliphatic heterocycles. The van der Waals surface area contributed by atoms with Gasteiger partial charge in [-0.1, -0.05) is 12.1 Å². The van der Waals surface area contributed by atoms with Gasteiger partial charge in [0.2, 0.25) is 11.8 Å². The lowest BCUT2D eigenvalue weighted by Crippen LogP contribution is -2.49. The van der Waals surface area contributed by atoms with Crippen molar-refractivity contribution in [2.75, 3.05) is 36.4 Å². The molecule has 0 bridgehead atoms. The fourth-order valence-corrected chi connectivity index (χ4v) is 4.76. The van der Waals surface area contributed by atoms with E-state index in [-0.39, 0.29) is 23.8 Å². The van der Waals surface area contributed by atoms with Crippen LogP contribution in [0.25, 0.3) is 0 Å². The average Bonchev–Trinajstić information content (AvgIpc) is 2.74. The maximum Gasteiger partial charge on any atom is 0.416 e. The van der Waals surface area contributed by atoms with Crippen molar-refractivity contribution in [2.45, 2.75) is 22.7 Å². The lowest BCUT2D eigenvalue weighted by atomic mass is 10.1. The van der Waals surface area contributed by atoms with Crippen molar-refractivity contribution < 1.29 is 27.9 Å². The van der Waals surface area contributed by atoms with E-state index in [1.165, 1.54) is 6.07 Å². The summed E-state index contributed by atoms with van der Waals surface area (Å²) in [5.41, 5.74) is 0.000420. The normalized spacial score (nSPS) is 19.1. The number of amides is 2. The van der Waals surface area contributed by atoms with E-state index in [9.17, 15) is 27.9 Å². The number of nitrogens with one attached hydrogen (secondary N) is 1. The number of nitrogens with zero attached hydrogens (tertiary/aromatic N) is 2. The minimum Gasteiger partial charge on any atom is -0.506 e. The Kier molecular flexibility index (Phi) is 5.74. The number of para-hydroxylation sites is 2. The number of carbonyl (C=O) groups excluding carboxylic acids is 2. The minimum atomic E-state index is -4.49. The van der Waals surface area contributed by atoms with Crippen molar-refractivity contribution in [3.8, 4) is 5.75 Å². The fraction of sp³-hybridized carbons (Fsp3) is 0.333. The number of piperazine rings is 1. The predicted octanol–water partition coefficient (Wildman–Crippen LogP) is 3.56. The summed E-state index contributed by atoms with van der Waals surface area (Å²) in [4.78, 5) is 29.3. The van der Waals surface area contributed by atoms with Crippen molar-refractivity contribution in [1.29, 1.82) is 0 Å². The van der Waals surface area contributed by atoms with Crippen LogP contribution in [0.4, 0.5) is 24.5 Å². The van der Waals surface area contributed by atoms with Gasteiger partial charge in [0.25, 0.3) is 0 Å². The number of fused-ring (bicyclic) bond motifs is 1. The number of alkyl halides is 3. The number of hydrogen-bond acceptors (Lipinski definition) is 5. The Labute approximate surface area is 181 Å².